The van der Waals surface area contributed by atoms with Gasteiger partial charge in [0.25, 0.3) is 5.91 Å². The number of aromatic nitrogens is 2. The molecular formula is C21H22FN3O. The van der Waals surface area contributed by atoms with Gasteiger partial charge in [0, 0.05) is 11.5 Å². The highest BCUT2D eigenvalue weighted by atomic mass is 19.1. The van der Waals surface area contributed by atoms with Crippen molar-refractivity contribution in [1.82, 2.24) is 9.78 Å². The lowest BCUT2D eigenvalue weighted by molar-refractivity contribution is 0.102. The number of nitrogens with one attached hydrogen (secondary N) is 1. The van der Waals surface area contributed by atoms with Crippen molar-refractivity contribution in [2.75, 3.05) is 5.32 Å². The van der Waals surface area contributed by atoms with Gasteiger partial charge in [-0.05, 0) is 17.7 Å². The topological polar surface area (TPSA) is 46.9 Å². The van der Waals surface area contributed by atoms with E-state index < -0.39 is 11.7 Å². The Kier molecular flexibility index (Phi) is 4.89. The maximum absolute atomic E-state index is 13.9. The van der Waals surface area contributed by atoms with E-state index in [1.807, 2.05) is 36.4 Å². The Morgan fingerprint density at radius 3 is 2.38 bits per heavy atom. The molecule has 1 heterocycles. The quantitative estimate of drug-likeness (QED) is 0.745. The van der Waals surface area contributed by atoms with Crippen LogP contribution in [-0.2, 0) is 12.0 Å². The maximum atomic E-state index is 13.9. The Bertz CT molecular complexity index is 911. The number of hydrogen-bond donors (Lipinski definition) is 1. The summed E-state index contributed by atoms with van der Waals surface area (Å²) in [6, 6.07) is 17.7. The summed E-state index contributed by atoms with van der Waals surface area (Å²) in [7, 11) is 0. The second-order valence-corrected chi connectivity index (χ2v) is 7.24. The molecule has 3 rings (SSSR count). The molecule has 0 aliphatic rings. The minimum atomic E-state index is -0.546. The SMILES string of the molecule is CC(C)(C)c1cc(NC(=O)c2ccccc2F)n(Cc2ccccc2)n1. The predicted octanol–water partition coefficient (Wildman–Crippen LogP) is 4.62. The largest absolute Gasteiger partial charge is 0.307 e. The molecule has 0 unspecified atom stereocenters. The number of carbonyl (C=O) groups is 1. The Morgan fingerprint density at radius 2 is 1.73 bits per heavy atom. The van der Waals surface area contributed by atoms with Crippen LogP contribution >= 0.6 is 0 Å². The van der Waals surface area contributed by atoms with E-state index in [2.05, 4.69) is 31.2 Å². The fraction of sp³-hybridized carbons (Fsp3) is 0.238. The first kappa shape index (κ1) is 17.9. The van der Waals surface area contributed by atoms with Crippen molar-refractivity contribution >= 4 is 11.7 Å². The van der Waals surface area contributed by atoms with Crippen LogP contribution in [0.2, 0.25) is 0 Å². The average Bonchev–Trinajstić information content (AvgIpc) is 2.99. The average molecular weight is 351 g/mol. The first-order valence-corrected chi connectivity index (χ1v) is 8.53. The minimum Gasteiger partial charge on any atom is -0.307 e. The fourth-order valence-electron chi connectivity index (χ4n) is 2.59. The molecule has 0 bridgehead atoms. The molecule has 0 saturated heterocycles. The molecule has 0 aliphatic heterocycles. The summed E-state index contributed by atoms with van der Waals surface area (Å²) >= 11 is 0. The van der Waals surface area contributed by atoms with Gasteiger partial charge in [0.05, 0.1) is 17.8 Å². The van der Waals surface area contributed by atoms with E-state index in [1.165, 1.54) is 12.1 Å². The fourth-order valence-corrected chi connectivity index (χ4v) is 2.59. The Labute approximate surface area is 152 Å². The summed E-state index contributed by atoms with van der Waals surface area (Å²) in [6.07, 6.45) is 0. The molecule has 0 aliphatic carbocycles. The minimum absolute atomic E-state index is 0.0114. The van der Waals surface area contributed by atoms with Gasteiger partial charge in [-0.2, -0.15) is 5.10 Å². The summed E-state index contributed by atoms with van der Waals surface area (Å²) in [5.41, 5.74) is 1.77. The lowest BCUT2D eigenvalue weighted by atomic mass is 9.92. The highest BCUT2D eigenvalue weighted by Crippen LogP contribution is 2.25. The molecule has 0 radical (unpaired) electrons. The van der Waals surface area contributed by atoms with Crippen molar-refractivity contribution in [3.63, 3.8) is 0 Å². The van der Waals surface area contributed by atoms with E-state index in [4.69, 9.17) is 0 Å². The lowest BCUT2D eigenvalue weighted by Gasteiger charge is -2.14. The van der Waals surface area contributed by atoms with Gasteiger partial charge in [-0.25, -0.2) is 9.07 Å². The monoisotopic (exact) mass is 351 g/mol. The summed E-state index contributed by atoms with van der Waals surface area (Å²) in [5, 5.41) is 7.46. The van der Waals surface area contributed by atoms with Gasteiger partial charge in [0.2, 0.25) is 0 Å². The molecule has 4 nitrogen and oxygen atoms in total. The number of nitrogens with zero attached hydrogens (tertiary/aromatic N) is 2. The molecule has 5 heteroatoms. The van der Waals surface area contributed by atoms with E-state index in [-0.39, 0.29) is 11.0 Å². The van der Waals surface area contributed by atoms with E-state index in [0.717, 1.165) is 11.3 Å². The number of hydrogen-bond acceptors (Lipinski definition) is 2. The van der Waals surface area contributed by atoms with Crippen molar-refractivity contribution in [3.05, 3.63) is 83.3 Å². The number of benzene rings is 2. The maximum Gasteiger partial charge on any atom is 0.259 e. The van der Waals surface area contributed by atoms with Crippen LogP contribution in [0.25, 0.3) is 0 Å². The summed E-state index contributed by atoms with van der Waals surface area (Å²) < 4.78 is 15.6. The van der Waals surface area contributed by atoms with Gasteiger partial charge in [-0.15, -0.1) is 0 Å². The molecule has 0 saturated carbocycles. The molecule has 3 aromatic rings. The Morgan fingerprint density at radius 1 is 1.08 bits per heavy atom. The first-order valence-electron chi connectivity index (χ1n) is 8.53. The number of rotatable bonds is 4. The van der Waals surface area contributed by atoms with Crippen LogP contribution in [0.3, 0.4) is 0 Å². The summed E-state index contributed by atoms with van der Waals surface area (Å²) in [4.78, 5) is 12.5. The van der Waals surface area contributed by atoms with Crippen LogP contribution in [0.15, 0.2) is 60.7 Å². The van der Waals surface area contributed by atoms with Crippen LogP contribution in [0.4, 0.5) is 10.2 Å². The zero-order chi connectivity index (χ0) is 18.7. The predicted molar refractivity (Wildman–Crippen MR) is 101 cm³/mol. The van der Waals surface area contributed by atoms with Gasteiger partial charge in [0.1, 0.15) is 11.6 Å². The molecule has 0 fully saturated rings. The molecule has 1 aromatic heterocycles. The standard InChI is InChI=1S/C21H22FN3O/c1-21(2,3)18-13-19(23-20(26)16-11-7-8-12-17(16)22)25(24-18)14-15-9-5-4-6-10-15/h4-13H,14H2,1-3H3,(H,23,26). The van der Waals surface area contributed by atoms with Crippen LogP contribution in [0.5, 0.6) is 0 Å². The normalized spacial score (nSPS) is 11.4. The summed E-state index contributed by atoms with van der Waals surface area (Å²) in [5.74, 6) is -0.486. The molecule has 1 N–H and O–H groups in total. The van der Waals surface area contributed by atoms with Crippen LogP contribution in [0.1, 0.15) is 42.4 Å². The Balaban J connectivity index is 1.93. The smallest absolute Gasteiger partial charge is 0.259 e. The highest BCUT2D eigenvalue weighted by molar-refractivity contribution is 6.04. The van der Waals surface area contributed by atoms with E-state index in [0.29, 0.717) is 12.4 Å². The third-order valence-corrected chi connectivity index (χ3v) is 4.08. The van der Waals surface area contributed by atoms with Crippen molar-refractivity contribution < 1.29 is 9.18 Å². The second-order valence-electron chi connectivity index (χ2n) is 7.24. The zero-order valence-electron chi connectivity index (χ0n) is 15.2. The molecule has 0 spiro atoms. The molecule has 1 amide bonds. The van der Waals surface area contributed by atoms with Crippen LogP contribution < -0.4 is 5.32 Å². The van der Waals surface area contributed by atoms with E-state index >= 15 is 0 Å². The third kappa shape index (κ3) is 3.99. The number of amides is 1. The van der Waals surface area contributed by atoms with Crippen molar-refractivity contribution in [2.24, 2.45) is 0 Å². The van der Waals surface area contributed by atoms with Gasteiger partial charge in [-0.3, -0.25) is 4.79 Å². The zero-order valence-corrected chi connectivity index (χ0v) is 15.2. The van der Waals surface area contributed by atoms with Crippen molar-refractivity contribution in [3.8, 4) is 0 Å². The van der Waals surface area contributed by atoms with E-state index in [1.54, 1.807) is 16.8 Å². The number of anilines is 1. The molecule has 26 heavy (non-hydrogen) atoms. The van der Waals surface area contributed by atoms with Crippen LogP contribution in [-0.4, -0.2) is 15.7 Å². The number of halogens is 1. The van der Waals surface area contributed by atoms with Gasteiger partial charge < -0.3 is 5.32 Å². The Hall–Kier alpha value is -2.95. The summed E-state index contributed by atoms with van der Waals surface area (Å²) in [6.45, 7) is 6.70. The first-order chi connectivity index (χ1) is 12.3. The van der Waals surface area contributed by atoms with Crippen molar-refractivity contribution in [1.29, 1.82) is 0 Å². The number of carbonyl (C=O) groups excluding carboxylic acids is 1. The molecular weight excluding hydrogens is 329 g/mol. The highest BCUT2D eigenvalue weighted by Gasteiger charge is 2.21. The van der Waals surface area contributed by atoms with E-state index in [9.17, 15) is 9.18 Å². The molecule has 0 atom stereocenters. The van der Waals surface area contributed by atoms with Crippen LogP contribution in [0, 0.1) is 5.82 Å². The van der Waals surface area contributed by atoms with Gasteiger partial charge in [-0.1, -0.05) is 63.2 Å². The van der Waals surface area contributed by atoms with Crippen molar-refractivity contribution in [2.45, 2.75) is 32.7 Å². The molecule has 134 valence electrons. The second kappa shape index (κ2) is 7.12. The van der Waals surface area contributed by atoms with Gasteiger partial charge in [0.15, 0.2) is 0 Å². The molecule has 2 aromatic carbocycles. The lowest BCUT2D eigenvalue weighted by Crippen LogP contribution is -2.17. The van der Waals surface area contributed by atoms with Gasteiger partial charge >= 0.3 is 0 Å². The third-order valence-electron chi connectivity index (χ3n) is 4.08.